The van der Waals surface area contributed by atoms with Crippen molar-refractivity contribution in [1.82, 2.24) is 4.48 Å². The Labute approximate surface area is 124 Å². The molecule has 0 unspecified atom stereocenters. The van der Waals surface area contributed by atoms with Gasteiger partial charge in [0.25, 0.3) is 5.69 Å². The van der Waals surface area contributed by atoms with E-state index in [-0.39, 0.29) is 23.0 Å². The standard InChI is InChI=1S/C15H17N2O2.ClH/c1-17(2,12-13-6-4-3-5-7-13)15-10-8-14(9-11-15)16(18)19;/h3-11H,12H2,1-2H3;1H/q+1;/p-1. The Hall–Kier alpha value is -1.91. The van der Waals surface area contributed by atoms with E-state index >= 15 is 0 Å². The molecule has 0 saturated heterocycles. The Bertz CT molecular complexity index is 568. The monoisotopic (exact) mass is 292 g/mol. The van der Waals surface area contributed by atoms with Crippen molar-refractivity contribution in [2.45, 2.75) is 6.54 Å². The lowest BCUT2D eigenvalue weighted by molar-refractivity contribution is -0.384. The molecular weight excluding hydrogens is 276 g/mol. The van der Waals surface area contributed by atoms with Crippen molar-refractivity contribution in [3.63, 3.8) is 0 Å². The Balaban J connectivity index is 0.00000200. The maximum Gasteiger partial charge on any atom is 0.269 e. The van der Waals surface area contributed by atoms with Crippen LogP contribution in [0.3, 0.4) is 0 Å². The van der Waals surface area contributed by atoms with Crippen LogP contribution in [-0.4, -0.2) is 19.0 Å². The third-order valence-corrected chi connectivity index (χ3v) is 3.18. The number of nitro groups is 1. The molecule has 4 nitrogen and oxygen atoms in total. The van der Waals surface area contributed by atoms with Crippen LogP contribution in [-0.2, 0) is 6.54 Å². The number of halogens is 1. The van der Waals surface area contributed by atoms with Gasteiger partial charge in [0.15, 0.2) is 0 Å². The lowest BCUT2D eigenvalue weighted by Gasteiger charge is -2.29. The van der Waals surface area contributed by atoms with E-state index in [1.54, 1.807) is 12.1 Å². The molecule has 0 aliphatic carbocycles. The highest BCUT2D eigenvalue weighted by atomic mass is 35.5. The maximum atomic E-state index is 10.7. The number of hydrogen-bond acceptors (Lipinski definition) is 2. The lowest BCUT2D eigenvalue weighted by atomic mass is 10.1. The summed E-state index contributed by atoms with van der Waals surface area (Å²) in [4.78, 5) is 10.3. The zero-order valence-corrected chi connectivity index (χ0v) is 12.2. The van der Waals surface area contributed by atoms with Crippen LogP contribution in [0.2, 0.25) is 0 Å². The zero-order valence-electron chi connectivity index (χ0n) is 11.5. The Morgan fingerprint density at radius 2 is 1.55 bits per heavy atom. The van der Waals surface area contributed by atoms with Crippen LogP contribution < -0.4 is 16.9 Å². The van der Waals surface area contributed by atoms with Gasteiger partial charge in [-0.25, -0.2) is 0 Å². The summed E-state index contributed by atoms with van der Waals surface area (Å²) in [6.45, 7) is 0.846. The van der Waals surface area contributed by atoms with E-state index < -0.39 is 0 Å². The van der Waals surface area contributed by atoms with Crippen molar-refractivity contribution in [3.8, 4) is 0 Å². The smallest absolute Gasteiger partial charge is 0.269 e. The van der Waals surface area contributed by atoms with Crippen molar-refractivity contribution in [2.24, 2.45) is 0 Å². The molecule has 0 N–H and O–H groups in total. The van der Waals surface area contributed by atoms with Crippen molar-refractivity contribution >= 4 is 11.4 Å². The molecule has 0 bridgehead atoms. The van der Waals surface area contributed by atoms with Gasteiger partial charge in [0, 0.05) is 29.8 Å². The molecule has 2 aromatic carbocycles. The molecule has 0 aromatic heterocycles. The zero-order chi connectivity index (χ0) is 13.9. The number of quaternary nitrogens is 1. The van der Waals surface area contributed by atoms with E-state index in [1.807, 2.05) is 30.3 Å². The third-order valence-electron chi connectivity index (χ3n) is 3.18. The van der Waals surface area contributed by atoms with Crippen molar-refractivity contribution in [3.05, 3.63) is 70.3 Å². The van der Waals surface area contributed by atoms with Crippen molar-refractivity contribution in [2.75, 3.05) is 14.1 Å². The molecule has 0 aliphatic heterocycles. The predicted octanol–water partition coefficient (Wildman–Crippen LogP) is 0.366. The molecular formula is C15H17ClN2O2. The Kier molecular flexibility index (Phi) is 5.25. The fraction of sp³-hybridized carbons (Fsp3) is 0.200. The van der Waals surface area contributed by atoms with Crippen LogP contribution in [0.1, 0.15) is 5.56 Å². The summed E-state index contributed by atoms with van der Waals surface area (Å²) in [6.07, 6.45) is 0. The van der Waals surface area contributed by atoms with Gasteiger partial charge in [-0.3, -0.25) is 14.6 Å². The quantitative estimate of drug-likeness (QED) is 0.464. The van der Waals surface area contributed by atoms with Gasteiger partial charge >= 0.3 is 0 Å². The van der Waals surface area contributed by atoms with E-state index in [2.05, 4.69) is 26.2 Å². The molecule has 20 heavy (non-hydrogen) atoms. The summed E-state index contributed by atoms with van der Waals surface area (Å²) in [7, 11) is 4.18. The van der Waals surface area contributed by atoms with E-state index in [1.165, 1.54) is 5.56 Å². The van der Waals surface area contributed by atoms with E-state index in [0.717, 1.165) is 12.2 Å². The summed E-state index contributed by atoms with van der Waals surface area (Å²) >= 11 is 0. The topological polar surface area (TPSA) is 43.1 Å². The third kappa shape index (κ3) is 3.79. The second kappa shape index (κ2) is 6.50. The largest absolute Gasteiger partial charge is 1.00 e. The average Bonchev–Trinajstić information content (AvgIpc) is 2.39. The van der Waals surface area contributed by atoms with Gasteiger partial charge in [0.2, 0.25) is 0 Å². The minimum Gasteiger partial charge on any atom is -1.00 e. The minimum atomic E-state index is -0.374. The summed E-state index contributed by atoms with van der Waals surface area (Å²) in [5.74, 6) is 0. The number of hydrogen-bond donors (Lipinski definition) is 0. The second-order valence-corrected chi connectivity index (χ2v) is 5.10. The Morgan fingerprint density at radius 1 is 1.00 bits per heavy atom. The maximum absolute atomic E-state index is 10.7. The van der Waals surface area contributed by atoms with Crippen molar-refractivity contribution in [1.29, 1.82) is 0 Å². The fourth-order valence-corrected chi connectivity index (χ4v) is 2.11. The highest BCUT2D eigenvalue weighted by Gasteiger charge is 2.20. The molecule has 2 rings (SSSR count). The van der Waals surface area contributed by atoms with Gasteiger partial charge in [-0.1, -0.05) is 30.3 Å². The first-order chi connectivity index (χ1) is 8.99. The second-order valence-electron chi connectivity index (χ2n) is 5.10. The molecule has 0 aliphatic rings. The molecule has 0 fully saturated rings. The normalized spacial score (nSPS) is 10.7. The van der Waals surface area contributed by atoms with E-state index in [4.69, 9.17) is 0 Å². The molecule has 0 saturated carbocycles. The predicted molar refractivity (Wildman–Crippen MR) is 76.9 cm³/mol. The average molecular weight is 293 g/mol. The molecule has 106 valence electrons. The minimum absolute atomic E-state index is 0. The number of nitro benzene ring substituents is 1. The molecule has 0 amide bonds. The molecule has 2 aromatic rings. The summed E-state index contributed by atoms with van der Waals surface area (Å²) < 4.78 is 0.655. The van der Waals surface area contributed by atoms with Gasteiger partial charge in [0.1, 0.15) is 12.2 Å². The van der Waals surface area contributed by atoms with Crippen LogP contribution in [0.25, 0.3) is 0 Å². The molecule has 0 spiro atoms. The summed E-state index contributed by atoms with van der Waals surface area (Å²) in [5, 5.41) is 10.7. The van der Waals surface area contributed by atoms with Gasteiger partial charge < -0.3 is 12.4 Å². The van der Waals surface area contributed by atoms with E-state index in [9.17, 15) is 10.1 Å². The van der Waals surface area contributed by atoms with Crippen LogP contribution in [0.5, 0.6) is 0 Å². The van der Waals surface area contributed by atoms with Crippen LogP contribution in [0.15, 0.2) is 54.6 Å². The summed E-state index contributed by atoms with van der Waals surface area (Å²) in [6, 6.07) is 17.0. The lowest BCUT2D eigenvalue weighted by Crippen LogP contribution is -3.00. The number of rotatable bonds is 4. The summed E-state index contributed by atoms with van der Waals surface area (Å²) in [5.41, 5.74) is 2.42. The molecule has 0 atom stereocenters. The van der Waals surface area contributed by atoms with Crippen molar-refractivity contribution < 1.29 is 17.3 Å². The molecule has 0 heterocycles. The number of benzene rings is 2. The first-order valence-electron chi connectivity index (χ1n) is 6.11. The van der Waals surface area contributed by atoms with Crippen LogP contribution in [0.4, 0.5) is 11.4 Å². The van der Waals surface area contributed by atoms with Crippen LogP contribution >= 0.6 is 0 Å². The van der Waals surface area contributed by atoms with Gasteiger partial charge in [-0.2, -0.15) is 0 Å². The first-order valence-corrected chi connectivity index (χ1v) is 6.11. The first kappa shape index (κ1) is 16.1. The molecule has 0 radical (unpaired) electrons. The Morgan fingerprint density at radius 3 is 2.05 bits per heavy atom. The fourth-order valence-electron chi connectivity index (χ4n) is 2.11. The number of non-ortho nitro benzene ring substituents is 1. The van der Waals surface area contributed by atoms with E-state index in [0.29, 0.717) is 4.48 Å². The van der Waals surface area contributed by atoms with Crippen LogP contribution in [0, 0.1) is 10.1 Å². The van der Waals surface area contributed by atoms with Gasteiger partial charge in [-0.05, 0) is 0 Å². The SMILES string of the molecule is C[N+](C)(Cc1ccccc1)c1ccc([N+](=O)[O-])cc1.[Cl-]. The van der Waals surface area contributed by atoms with Gasteiger partial charge in [0.05, 0.1) is 19.0 Å². The highest BCUT2D eigenvalue weighted by molar-refractivity contribution is 5.47. The number of nitrogens with zero attached hydrogens (tertiary/aromatic N) is 2. The highest BCUT2D eigenvalue weighted by Crippen LogP contribution is 2.24. The van der Waals surface area contributed by atoms with Gasteiger partial charge in [-0.15, -0.1) is 0 Å². The molecule has 5 heteroatoms.